The zero-order chi connectivity index (χ0) is 21.8. The van der Waals surface area contributed by atoms with Gasteiger partial charge in [-0.25, -0.2) is 4.79 Å². The van der Waals surface area contributed by atoms with Crippen LogP contribution in [0.1, 0.15) is 37.3 Å². The highest BCUT2D eigenvalue weighted by molar-refractivity contribution is 6.16. The molecule has 0 saturated heterocycles. The van der Waals surface area contributed by atoms with Gasteiger partial charge in [0.2, 0.25) is 0 Å². The molecule has 0 amide bonds. The Hall–Kier alpha value is -3.66. The number of rotatable bonds is 5. The topological polar surface area (TPSA) is 52.6 Å². The first-order valence-electron chi connectivity index (χ1n) is 10.4. The maximum absolute atomic E-state index is 12.2. The second-order valence-electron chi connectivity index (χ2n) is 7.55. The van der Waals surface area contributed by atoms with Gasteiger partial charge in [0.25, 0.3) is 0 Å². The minimum Gasteiger partial charge on any atom is -0.465 e. The minimum atomic E-state index is -0.630. The molecule has 0 spiro atoms. The smallest absolute Gasteiger partial charge is 0.341 e. The Balaban J connectivity index is 1.92. The molecule has 0 bridgehead atoms. The average Bonchev–Trinajstić information content (AvgIpc) is 2.82. The molecular formula is C27H24O4. The molecular weight excluding hydrogens is 388 g/mol. The lowest BCUT2D eigenvalue weighted by molar-refractivity contribution is -0.137. The van der Waals surface area contributed by atoms with Gasteiger partial charge in [-0.3, -0.25) is 4.79 Å². The minimum absolute atomic E-state index is 0.0342. The maximum atomic E-state index is 12.2. The van der Waals surface area contributed by atoms with Crippen LogP contribution in [0.4, 0.5) is 0 Å². The van der Waals surface area contributed by atoms with Gasteiger partial charge in [-0.05, 0) is 55.0 Å². The van der Waals surface area contributed by atoms with Crippen molar-refractivity contribution in [1.29, 1.82) is 0 Å². The first-order chi connectivity index (χ1) is 15.1. The molecule has 31 heavy (non-hydrogen) atoms. The van der Waals surface area contributed by atoms with Crippen LogP contribution in [0.2, 0.25) is 0 Å². The second kappa shape index (κ2) is 9.00. The Bertz CT molecular complexity index is 1130. The summed E-state index contributed by atoms with van der Waals surface area (Å²) in [4.78, 5) is 24.3. The van der Waals surface area contributed by atoms with Gasteiger partial charge in [0.1, 0.15) is 17.1 Å². The summed E-state index contributed by atoms with van der Waals surface area (Å²) in [7, 11) is 1.28. The Kier molecular flexibility index (Phi) is 5.99. The first kappa shape index (κ1) is 20.6. The summed E-state index contributed by atoms with van der Waals surface area (Å²) in [6.45, 7) is 1.37. The predicted molar refractivity (Wildman–Crippen MR) is 121 cm³/mol. The van der Waals surface area contributed by atoms with Gasteiger partial charge >= 0.3 is 5.97 Å². The van der Waals surface area contributed by atoms with Gasteiger partial charge in [-0.2, -0.15) is 0 Å². The normalized spacial score (nSPS) is 16.3. The van der Waals surface area contributed by atoms with Crippen molar-refractivity contribution >= 4 is 23.1 Å². The lowest BCUT2D eigenvalue weighted by Crippen LogP contribution is -2.15. The van der Waals surface area contributed by atoms with Gasteiger partial charge in [0, 0.05) is 11.1 Å². The van der Waals surface area contributed by atoms with Crippen LogP contribution < -0.4 is 0 Å². The van der Waals surface area contributed by atoms with Gasteiger partial charge in [-0.15, -0.1) is 0 Å². The lowest BCUT2D eigenvalue weighted by Gasteiger charge is -2.29. The van der Waals surface area contributed by atoms with E-state index in [2.05, 4.69) is 18.2 Å². The Morgan fingerprint density at radius 1 is 0.935 bits per heavy atom. The Morgan fingerprint density at radius 3 is 2.19 bits per heavy atom. The van der Waals surface area contributed by atoms with E-state index in [9.17, 15) is 9.59 Å². The number of benzene rings is 2. The van der Waals surface area contributed by atoms with Crippen molar-refractivity contribution in [3.63, 3.8) is 0 Å². The summed E-state index contributed by atoms with van der Waals surface area (Å²) in [5.74, 6) is 0.520. The zero-order valence-corrected chi connectivity index (χ0v) is 17.7. The van der Waals surface area contributed by atoms with E-state index in [1.165, 1.54) is 14.0 Å². The third-order valence-corrected chi connectivity index (χ3v) is 5.50. The van der Waals surface area contributed by atoms with Crippen molar-refractivity contribution in [1.82, 2.24) is 0 Å². The summed E-state index contributed by atoms with van der Waals surface area (Å²) >= 11 is 0. The fraction of sp³-hybridized carbons (Fsp3) is 0.185. The fourth-order valence-corrected chi connectivity index (χ4v) is 3.96. The molecule has 0 unspecified atom stereocenters. The van der Waals surface area contributed by atoms with Gasteiger partial charge < -0.3 is 9.47 Å². The quantitative estimate of drug-likeness (QED) is 0.276. The molecule has 0 radical (unpaired) electrons. The van der Waals surface area contributed by atoms with E-state index < -0.39 is 5.97 Å². The van der Waals surface area contributed by atoms with E-state index in [-0.39, 0.29) is 11.4 Å². The summed E-state index contributed by atoms with van der Waals surface area (Å²) in [5, 5.41) is 0. The molecule has 0 atom stereocenters. The molecule has 0 fully saturated rings. The summed E-state index contributed by atoms with van der Waals surface area (Å²) < 4.78 is 11.2. The molecule has 4 nitrogen and oxygen atoms in total. The summed E-state index contributed by atoms with van der Waals surface area (Å²) in [5.41, 5.74) is 5.15. The number of Topliss-reactive ketones (excluding diaryl/α,β-unsaturated/α-hetero) is 1. The van der Waals surface area contributed by atoms with Crippen molar-refractivity contribution in [2.75, 3.05) is 7.11 Å². The van der Waals surface area contributed by atoms with Crippen LogP contribution in [0.5, 0.6) is 0 Å². The highest BCUT2D eigenvalue weighted by Gasteiger charge is 2.28. The van der Waals surface area contributed by atoms with Crippen LogP contribution in [0.15, 0.2) is 95.3 Å². The SMILES string of the molecule is COC(=O)/C(=C\C1=C2OC(c3ccccc3)=CC(c3ccccc3)=C2CCC1)C(C)=O. The van der Waals surface area contributed by atoms with E-state index in [1.807, 2.05) is 48.5 Å². The van der Waals surface area contributed by atoms with Crippen molar-refractivity contribution < 1.29 is 19.1 Å². The average molecular weight is 412 g/mol. The number of hydrogen-bond acceptors (Lipinski definition) is 4. The molecule has 0 aromatic heterocycles. The summed E-state index contributed by atoms with van der Waals surface area (Å²) in [6, 6.07) is 20.1. The van der Waals surface area contributed by atoms with Gasteiger partial charge in [0.05, 0.1) is 7.11 Å². The molecule has 1 aliphatic carbocycles. The highest BCUT2D eigenvalue weighted by Crippen LogP contribution is 2.43. The molecule has 0 N–H and O–H groups in total. The first-order valence-corrected chi connectivity index (χ1v) is 10.4. The number of ketones is 1. The van der Waals surface area contributed by atoms with E-state index in [4.69, 9.17) is 9.47 Å². The number of hydrogen-bond donors (Lipinski definition) is 0. The lowest BCUT2D eigenvalue weighted by atomic mass is 9.84. The highest BCUT2D eigenvalue weighted by atomic mass is 16.5. The van der Waals surface area contributed by atoms with Crippen LogP contribution >= 0.6 is 0 Å². The monoisotopic (exact) mass is 412 g/mol. The van der Waals surface area contributed by atoms with Crippen LogP contribution in [-0.4, -0.2) is 18.9 Å². The number of carbonyl (C=O) groups excluding carboxylic acids is 2. The summed E-state index contributed by atoms with van der Waals surface area (Å²) in [6.07, 6.45) is 6.21. The van der Waals surface area contributed by atoms with Crippen molar-refractivity contribution in [2.24, 2.45) is 0 Å². The van der Waals surface area contributed by atoms with Gasteiger partial charge in [0.15, 0.2) is 5.78 Å². The molecule has 2 aromatic rings. The van der Waals surface area contributed by atoms with E-state index >= 15 is 0 Å². The standard InChI is InChI=1S/C27H24O4/c1-18(28)23(27(29)30-2)16-21-14-9-15-22-24(19-10-5-3-6-11-19)17-25(31-26(21)22)20-12-7-4-8-13-20/h3-8,10-13,16-17H,9,14-15H2,1-2H3/b23-16-. The Morgan fingerprint density at radius 2 is 1.58 bits per heavy atom. The molecule has 156 valence electrons. The largest absolute Gasteiger partial charge is 0.465 e. The molecule has 4 heteroatoms. The number of allylic oxidation sites excluding steroid dienone is 5. The van der Waals surface area contributed by atoms with E-state index in [0.717, 1.165) is 58.6 Å². The van der Waals surface area contributed by atoms with E-state index in [1.54, 1.807) is 6.08 Å². The molecule has 0 saturated carbocycles. The molecule has 2 aliphatic rings. The molecule has 4 rings (SSSR count). The van der Waals surface area contributed by atoms with Crippen LogP contribution in [0.3, 0.4) is 0 Å². The Labute approximate surface area is 182 Å². The maximum Gasteiger partial charge on any atom is 0.341 e. The second-order valence-corrected chi connectivity index (χ2v) is 7.55. The predicted octanol–water partition coefficient (Wildman–Crippen LogP) is 5.64. The number of carbonyl (C=O) groups is 2. The van der Waals surface area contributed by atoms with Crippen molar-refractivity contribution in [3.8, 4) is 0 Å². The van der Waals surface area contributed by atoms with Crippen LogP contribution in [0, 0.1) is 0 Å². The molecule has 1 heterocycles. The van der Waals surface area contributed by atoms with E-state index in [0.29, 0.717) is 0 Å². The van der Waals surface area contributed by atoms with Crippen molar-refractivity contribution in [2.45, 2.75) is 26.2 Å². The third kappa shape index (κ3) is 4.29. The number of ether oxygens (including phenoxy) is 2. The van der Waals surface area contributed by atoms with Crippen LogP contribution in [0.25, 0.3) is 11.3 Å². The number of fused-ring (bicyclic) bond motifs is 1. The third-order valence-electron chi connectivity index (χ3n) is 5.50. The van der Waals surface area contributed by atoms with Crippen LogP contribution in [-0.2, 0) is 19.1 Å². The fourth-order valence-electron chi connectivity index (χ4n) is 3.96. The van der Waals surface area contributed by atoms with Gasteiger partial charge in [-0.1, -0.05) is 60.7 Å². The number of esters is 1. The van der Waals surface area contributed by atoms with Crippen molar-refractivity contribution in [3.05, 3.63) is 106 Å². The number of methoxy groups -OCH3 is 1. The zero-order valence-electron chi connectivity index (χ0n) is 17.7. The molecule has 1 aliphatic heterocycles. The molecule has 2 aromatic carbocycles.